The van der Waals surface area contributed by atoms with Crippen LogP contribution in [0.2, 0.25) is 0 Å². The van der Waals surface area contributed by atoms with Crippen molar-refractivity contribution in [3.63, 3.8) is 0 Å². The molecule has 16 heavy (non-hydrogen) atoms. The molecule has 0 radical (unpaired) electrons. The van der Waals surface area contributed by atoms with Crippen LogP contribution in [0.3, 0.4) is 0 Å². The molecule has 1 unspecified atom stereocenters. The minimum Gasteiger partial charge on any atom is -0.369 e. The Kier molecular flexibility index (Phi) is 4.08. The van der Waals surface area contributed by atoms with E-state index >= 15 is 0 Å². The Balaban J connectivity index is 1.86. The number of alkyl halides is 1. The molecule has 1 atom stereocenters. The van der Waals surface area contributed by atoms with Crippen molar-refractivity contribution in [1.82, 2.24) is 4.90 Å². The van der Waals surface area contributed by atoms with E-state index in [9.17, 15) is 0 Å². The lowest BCUT2D eigenvalue weighted by atomic mass is 10.2. The molecular formula is C13H19ClN2. The third-order valence-electron chi connectivity index (χ3n) is 3.00. The fourth-order valence-corrected chi connectivity index (χ4v) is 2.38. The summed E-state index contributed by atoms with van der Waals surface area (Å²) in [4.78, 5) is 4.88. The van der Waals surface area contributed by atoms with E-state index in [1.807, 2.05) is 0 Å². The minimum atomic E-state index is 0.253. The monoisotopic (exact) mass is 238 g/mol. The number of para-hydroxylation sites is 1. The SMILES string of the molecule is CC(Cl)CN1CCN(c2ccccc2)CC1. The molecule has 1 saturated heterocycles. The van der Waals surface area contributed by atoms with Gasteiger partial charge in [0.15, 0.2) is 0 Å². The number of anilines is 1. The van der Waals surface area contributed by atoms with Gasteiger partial charge in [-0.05, 0) is 19.1 Å². The van der Waals surface area contributed by atoms with Gasteiger partial charge in [-0.25, -0.2) is 0 Å². The van der Waals surface area contributed by atoms with Crippen molar-refractivity contribution in [3.05, 3.63) is 30.3 Å². The van der Waals surface area contributed by atoms with E-state index < -0.39 is 0 Å². The van der Waals surface area contributed by atoms with Crippen LogP contribution in [-0.2, 0) is 0 Å². The van der Waals surface area contributed by atoms with Crippen LogP contribution < -0.4 is 4.90 Å². The van der Waals surface area contributed by atoms with Gasteiger partial charge in [-0.3, -0.25) is 4.90 Å². The Hall–Kier alpha value is -0.730. The minimum absolute atomic E-state index is 0.253. The third-order valence-corrected chi connectivity index (χ3v) is 3.14. The first-order valence-electron chi connectivity index (χ1n) is 5.92. The number of hydrogen-bond donors (Lipinski definition) is 0. The predicted molar refractivity (Wildman–Crippen MR) is 70.4 cm³/mol. The van der Waals surface area contributed by atoms with Gasteiger partial charge in [-0.1, -0.05) is 18.2 Å². The second-order valence-electron chi connectivity index (χ2n) is 4.40. The Morgan fingerprint density at radius 1 is 1.12 bits per heavy atom. The van der Waals surface area contributed by atoms with Crippen molar-refractivity contribution in [3.8, 4) is 0 Å². The summed E-state index contributed by atoms with van der Waals surface area (Å²) < 4.78 is 0. The molecule has 1 aromatic rings. The summed E-state index contributed by atoms with van der Waals surface area (Å²) in [6.45, 7) is 7.51. The van der Waals surface area contributed by atoms with Gasteiger partial charge < -0.3 is 4.90 Å². The maximum absolute atomic E-state index is 6.01. The highest BCUT2D eigenvalue weighted by atomic mass is 35.5. The van der Waals surface area contributed by atoms with Crippen LogP contribution in [-0.4, -0.2) is 43.0 Å². The topological polar surface area (TPSA) is 6.48 Å². The Bertz CT molecular complexity index is 305. The zero-order chi connectivity index (χ0) is 11.4. The maximum atomic E-state index is 6.01. The Morgan fingerprint density at radius 2 is 1.75 bits per heavy atom. The average Bonchev–Trinajstić information content (AvgIpc) is 2.30. The van der Waals surface area contributed by atoms with Crippen LogP contribution >= 0.6 is 11.6 Å². The van der Waals surface area contributed by atoms with Gasteiger partial charge in [-0.15, -0.1) is 11.6 Å². The molecule has 88 valence electrons. The van der Waals surface area contributed by atoms with Crippen LogP contribution in [0, 0.1) is 0 Å². The van der Waals surface area contributed by atoms with Gasteiger partial charge in [0, 0.05) is 43.8 Å². The van der Waals surface area contributed by atoms with Crippen LogP contribution in [0.4, 0.5) is 5.69 Å². The second-order valence-corrected chi connectivity index (χ2v) is 5.15. The largest absolute Gasteiger partial charge is 0.369 e. The van der Waals surface area contributed by atoms with E-state index in [1.165, 1.54) is 5.69 Å². The summed E-state index contributed by atoms with van der Waals surface area (Å²) in [6.07, 6.45) is 0. The summed E-state index contributed by atoms with van der Waals surface area (Å²) in [6, 6.07) is 10.6. The highest BCUT2D eigenvalue weighted by molar-refractivity contribution is 6.20. The number of nitrogens with zero attached hydrogens (tertiary/aromatic N) is 2. The quantitative estimate of drug-likeness (QED) is 0.747. The first-order chi connectivity index (χ1) is 7.75. The summed E-state index contributed by atoms with van der Waals surface area (Å²) in [7, 11) is 0. The van der Waals surface area contributed by atoms with E-state index in [-0.39, 0.29) is 5.38 Å². The molecule has 0 saturated carbocycles. The smallest absolute Gasteiger partial charge is 0.0435 e. The lowest BCUT2D eigenvalue weighted by Gasteiger charge is -2.36. The van der Waals surface area contributed by atoms with Crippen LogP contribution in [0.5, 0.6) is 0 Å². The molecule has 1 aliphatic rings. The highest BCUT2D eigenvalue weighted by Gasteiger charge is 2.17. The van der Waals surface area contributed by atoms with Gasteiger partial charge in [0.2, 0.25) is 0 Å². The number of piperazine rings is 1. The molecule has 3 heteroatoms. The van der Waals surface area contributed by atoms with E-state index in [4.69, 9.17) is 11.6 Å². The fourth-order valence-electron chi connectivity index (χ4n) is 2.18. The van der Waals surface area contributed by atoms with E-state index in [0.29, 0.717) is 0 Å². The molecule has 1 heterocycles. The number of benzene rings is 1. The number of halogens is 1. The molecule has 1 aliphatic heterocycles. The lowest BCUT2D eigenvalue weighted by Crippen LogP contribution is -2.47. The van der Waals surface area contributed by atoms with Crippen LogP contribution in [0.1, 0.15) is 6.92 Å². The van der Waals surface area contributed by atoms with E-state index in [1.54, 1.807) is 0 Å². The Morgan fingerprint density at radius 3 is 2.31 bits per heavy atom. The van der Waals surface area contributed by atoms with Crippen molar-refractivity contribution < 1.29 is 0 Å². The normalized spacial score (nSPS) is 19.8. The highest BCUT2D eigenvalue weighted by Crippen LogP contribution is 2.15. The molecule has 2 nitrogen and oxygen atoms in total. The zero-order valence-corrected chi connectivity index (χ0v) is 10.5. The van der Waals surface area contributed by atoms with Gasteiger partial charge in [0.25, 0.3) is 0 Å². The Labute approximate surface area is 103 Å². The van der Waals surface area contributed by atoms with E-state index in [2.05, 4.69) is 47.1 Å². The summed E-state index contributed by atoms with van der Waals surface area (Å²) in [5.41, 5.74) is 1.33. The second kappa shape index (κ2) is 5.55. The number of rotatable bonds is 3. The predicted octanol–water partition coefficient (Wildman–Crippen LogP) is 2.44. The summed E-state index contributed by atoms with van der Waals surface area (Å²) >= 11 is 6.01. The van der Waals surface area contributed by atoms with Gasteiger partial charge >= 0.3 is 0 Å². The maximum Gasteiger partial charge on any atom is 0.0435 e. The third kappa shape index (κ3) is 3.13. The molecule has 0 aromatic heterocycles. The molecular weight excluding hydrogens is 220 g/mol. The molecule has 0 aliphatic carbocycles. The molecule has 0 N–H and O–H groups in total. The van der Waals surface area contributed by atoms with Crippen LogP contribution in [0.25, 0.3) is 0 Å². The summed E-state index contributed by atoms with van der Waals surface area (Å²) in [5, 5.41) is 0.253. The number of hydrogen-bond acceptors (Lipinski definition) is 2. The molecule has 0 amide bonds. The fraction of sp³-hybridized carbons (Fsp3) is 0.538. The van der Waals surface area contributed by atoms with Crippen molar-refractivity contribution in [2.45, 2.75) is 12.3 Å². The van der Waals surface area contributed by atoms with E-state index in [0.717, 1.165) is 32.7 Å². The summed E-state index contributed by atoms with van der Waals surface area (Å²) in [5.74, 6) is 0. The zero-order valence-electron chi connectivity index (χ0n) is 9.77. The van der Waals surface area contributed by atoms with Crippen molar-refractivity contribution >= 4 is 17.3 Å². The molecule has 2 rings (SSSR count). The average molecular weight is 239 g/mol. The molecule has 1 aromatic carbocycles. The first kappa shape index (κ1) is 11.7. The first-order valence-corrected chi connectivity index (χ1v) is 6.36. The van der Waals surface area contributed by atoms with Crippen molar-refractivity contribution in [1.29, 1.82) is 0 Å². The molecule has 0 spiro atoms. The van der Waals surface area contributed by atoms with Crippen molar-refractivity contribution in [2.75, 3.05) is 37.6 Å². The molecule has 0 bridgehead atoms. The van der Waals surface area contributed by atoms with Gasteiger partial charge in [-0.2, -0.15) is 0 Å². The van der Waals surface area contributed by atoms with Crippen LogP contribution in [0.15, 0.2) is 30.3 Å². The molecule has 1 fully saturated rings. The standard InChI is InChI=1S/C13H19ClN2/c1-12(14)11-15-7-9-16(10-8-15)13-5-3-2-4-6-13/h2-6,12H,7-11H2,1H3. The van der Waals surface area contributed by atoms with Gasteiger partial charge in [0.1, 0.15) is 0 Å². The van der Waals surface area contributed by atoms with Crippen molar-refractivity contribution in [2.24, 2.45) is 0 Å². The van der Waals surface area contributed by atoms with Gasteiger partial charge in [0.05, 0.1) is 0 Å². The lowest BCUT2D eigenvalue weighted by molar-refractivity contribution is 0.260.